The van der Waals surface area contributed by atoms with Crippen LogP contribution in [0.3, 0.4) is 0 Å². The minimum atomic E-state index is -4.36. The summed E-state index contributed by atoms with van der Waals surface area (Å²) >= 11 is 0. The number of nitrogens with zero attached hydrogens (tertiary/aromatic N) is 1. The third kappa shape index (κ3) is 3.34. The van der Waals surface area contributed by atoms with Crippen LogP contribution < -0.4 is 5.32 Å². The fourth-order valence-electron chi connectivity index (χ4n) is 1.18. The van der Waals surface area contributed by atoms with Crippen molar-refractivity contribution in [2.75, 3.05) is 0 Å². The Kier molecular flexibility index (Phi) is 4.06. The van der Waals surface area contributed by atoms with E-state index in [1.54, 1.807) is 6.08 Å². The van der Waals surface area contributed by atoms with Gasteiger partial charge in [0.1, 0.15) is 0 Å². The van der Waals surface area contributed by atoms with Gasteiger partial charge in [-0.2, -0.15) is 13.2 Å². The third-order valence-corrected chi connectivity index (χ3v) is 2.14. The molecule has 1 unspecified atom stereocenters. The van der Waals surface area contributed by atoms with E-state index in [-0.39, 0.29) is 18.3 Å². The lowest BCUT2D eigenvalue weighted by atomic mass is 10.2. The van der Waals surface area contributed by atoms with Crippen molar-refractivity contribution in [3.8, 4) is 0 Å². The average Bonchev–Trinajstić information content (AvgIpc) is 2.25. The van der Waals surface area contributed by atoms with E-state index in [0.717, 1.165) is 6.07 Å². The summed E-state index contributed by atoms with van der Waals surface area (Å²) in [6.45, 7) is 5.42. The SMILES string of the molecule is C=CC(C)NCc1ncccc1C(F)(F)F. The number of halogens is 3. The molecule has 0 fully saturated rings. The molecule has 0 saturated carbocycles. The molecule has 0 aromatic carbocycles. The highest BCUT2D eigenvalue weighted by atomic mass is 19.4. The number of hydrogen-bond donors (Lipinski definition) is 1. The molecule has 16 heavy (non-hydrogen) atoms. The minimum Gasteiger partial charge on any atom is -0.305 e. The fourth-order valence-corrected chi connectivity index (χ4v) is 1.18. The van der Waals surface area contributed by atoms with E-state index in [2.05, 4.69) is 16.9 Å². The molecule has 1 heterocycles. The summed E-state index contributed by atoms with van der Waals surface area (Å²) in [7, 11) is 0. The summed E-state index contributed by atoms with van der Waals surface area (Å²) in [5, 5.41) is 2.88. The Morgan fingerprint density at radius 1 is 1.56 bits per heavy atom. The van der Waals surface area contributed by atoms with Crippen molar-refractivity contribution in [1.29, 1.82) is 0 Å². The highest BCUT2D eigenvalue weighted by molar-refractivity contribution is 5.22. The Hall–Kier alpha value is -1.36. The van der Waals surface area contributed by atoms with Crippen molar-refractivity contribution < 1.29 is 13.2 Å². The van der Waals surface area contributed by atoms with Gasteiger partial charge in [0.05, 0.1) is 11.3 Å². The third-order valence-electron chi connectivity index (χ3n) is 2.14. The molecule has 88 valence electrons. The summed E-state index contributed by atoms with van der Waals surface area (Å²) in [6, 6.07) is 2.26. The van der Waals surface area contributed by atoms with Gasteiger partial charge in [-0.05, 0) is 19.1 Å². The largest absolute Gasteiger partial charge is 0.418 e. The molecule has 2 nitrogen and oxygen atoms in total. The van der Waals surface area contributed by atoms with Crippen LogP contribution in [0.25, 0.3) is 0 Å². The molecule has 0 aliphatic heterocycles. The van der Waals surface area contributed by atoms with E-state index in [1.165, 1.54) is 12.3 Å². The van der Waals surface area contributed by atoms with Gasteiger partial charge in [-0.15, -0.1) is 6.58 Å². The van der Waals surface area contributed by atoms with Crippen LogP contribution in [0.1, 0.15) is 18.2 Å². The molecule has 1 atom stereocenters. The lowest BCUT2D eigenvalue weighted by Crippen LogP contribution is -2.25. The van der Waals surface area contributed by atoms with Crippen molar-refractivity contribution in [2.24, 2.45) is 0 Å². The van der Waals surface area contributed by atoms with E-state index in [9.17, 15) is 13.2 Å². The summed E-state index contributed by atoms with van der Waals surface area (Å²) < 4.78 is 37.7. The molecule has 1 N–H and O–H groups in total. The molecule has 1 aromatic rings. The van der Waals surface area contributed by atoms with Crippen LogP contribution in [0.2, 0.25) is 0 Å². The molecular formula is C11H13F3N2. The predicted molar refractivity (Wildman–Crippen MR) is 55.7 cm³/mol. The topological polar surface area (TPSA) is 24.9 Å². The average molecular weight is 230 g/mol. The molecule has 1 rings (SSSR count). The van der Waals surface area contributed by atoms with Crippen LogP contribution in [0.5, 0.6) is 0 Å². The highest BCUT2D eigenvalue weighted by Gasteiger charge is 2.33. The van der Waals surface area contributed by atoms with Gasteiger partial charge in [0, 0.05) is 18.8 Å². The van der Waals surface area contributed by atoms with Crippen molar-refractivity contribution in [3.63, 3.8) is 0 Å². The van der Waals surface area contributed by atoms with Gasteiger partial charge in [-0.1, -0.05) is 6.08 Å². The molecule has 0 radical (unpaired) electrons. The first kappa shape index (κ1) is 12.7. The van der Waals surface area contributed by atoms with Crippen molar-refractivity contribution in [2.45, 2.75) is 25.7 Å². The van der Waals surface area contributed by atoms with Crippen molar-refractivity contribution in [3.05, 3.63) is 42.2 Å². The zero-order valence-corrected chi connectivity index (χ0v) is 8.88. The maximum atomic E-state index is 12.6. The number of aromatic nitrogens is 1. The van der Waals surface area contributed by atoms with E-state index >= 15 is 0 Å². The standard InChI is InChI=1S/C11H13F3N2/c1-3-8(2)16-7-10-9(11(12,13)14)5-4-6-15-10/h3-6,8,16H,1,7H2,2H3. The number of alkyl halides is 3. The van der Waals surface area contributed by atoms with E-state index in [1.807, 2.05) is 6.92 Å². The number of pyridine rings is 1. The van der Waals surface area contributed by atoms with E-state index < -0.39 is 11.7 Å². The number of nitrogens with one attached hydrogen (secondary N) is 1. The van der Waals surface area contributed by atoms with E-state index in [4.69, 9.17) is 0 Å². The summed E-state index contributed by atoms with van der Waals surface area (Å²) in [5.41, 5.74) is -0.692. The second-order valence-corrected chi connectivity index (χ2v) is 3.40. The molecule has 0 saturated heterocycles. The lowest BCUT2D eigenvalue weighted by Gasteiger charge is -2.13. The summed E-state index contributed by atoms with van der Waals surface area (Å²) in [4.78, 5) is 3.73. The van der Waals surface area contributed by atoms with Gasteiger partial charge in [0.2, 0.25) is 0 Å². The Labute approximate surface area is 92.2 Å². The molecule has 5 heteroatoms. The van der Waals surface area contributed by atoms with Crippen molar-refractivity contribution in [1.82, 2.24) is 10.3 Å². The number of rotatable bonds is 4. The lowest BCUT2D eigenvalue weighted by molar-refractivity contribution is -0.138. The first-order chi connectivity index (χ1) is 7.45. The summed E-state index contributed by atoms with van der Waals surface area (Å²) in [5.74, 6) is 0. The normalized spacial score (nSPS) is 13.5. The molecule has 0 aliphatic carbocycles. The van der Waals surface area contributed by atoms with E-state index in [0.29, 0.717) is 0 Å². The first-order valence-corrected chi connectivity index (χ1v) is 4.82. The Morgan fingerprint density at radius 3 is 2.81 bits per heavy atom. The Bertz CT molecular complexity index is 360. The van der Waals surface area contributed by atoms with Crippen molar-refractivity contribution >= 4 is 0 Å². The second-order valence-electron chi connectivity index (χ2n) is 3.40. The van der Waals surface area contributed by atoms with Gasteiger partial charge in [-0.3, -0.25) is 4.98 Å². The summed E-state index contributed by atoms with van der Waals surface area (Å²) in [6.07, 6.45) is -1.39. The molecule has 0 bridgehead atoms. The fraction of sp³-hybridized carbons (Fsp3) is 0.364. The zero-order chi connectivity index (χ0) is 12.2. The Morgan fingerprint density at radius 2 is 2.25 bits per heavy atom. The van der Waals surface area contributed by atoms with Crippen LogP contribution in [0.4, 0.5) is 13.2 Å². The second kappa shape index (κ2) is 5.12. The number of hydrogen-bond acceptors (Lipinski definition) is 2. The minimum absolute atomic E-state index is 0.00343. The van der Waals surface area contributed by atoms with Crippen LogP contribution in [-0.4, -0.2) is 11.0 Å². The van der Waals surface area contributed by atoms with Gasteiger partial charge in [-0.25, -0.2) is 0 Å². The molecule has 0 aliphatic rings. The van der Waals surface area contributed by atoms with Crippen LogP contribution >= 0.6 is 0 Å². The first-order valence-electron chi connectivity index (χ1n) is 4.82. The molecule has 0 spiro atoms. The van der Waals surface area contributed by atoms with Crippen LogP contribution in [-0.2, 0) is 12.7 Å². The zero-order valence-electron chi connectivity index (χ0n) is 8.88. The van der Waals surface area contributed by atoms with Gasteiger partial charge < -0.3 is 5.32 Å². The molecule has 1 aromatic heterocycles. The highest BCUT2D eigenvalue weighted by Crippen LogP contribution is 2.30. The smallest absolute Gasteiger partial charge is 0.305 e. The Balaban J connectivity index is 2.83. The van der Waals surface area contributed by atoms with Gasteiger partial charge in [0.15, 0.2) is 0 Å². The van der Waals surface area contributed by atoms with Crippen LogP contribution in [0.15, 0.2) is 31.0 Å². The quantitative estimate of drug-likeness (QED) is 0.804. The molecular weight excluding hydrogens is 217 g/mol. The maximum absolute atomic E-state index is 12.6. The molecule has 0 amide bonds. The van der Waals surface area contributed by atoms with Crippen LogP contribution in [0, 0.1) is 0 Å². The van der Waals surface area contributed by atoms with Gasteiger partial charge >= 0.3 is 6.18 Å². The predicted octanol–water partition coefficient (Wildman–Crippen LogP) is 2.76. The maximum Gasteiger partial charge on any atom is 0.418 e. The monoisotopic (exact) mass is 230 g/mol. The van der Waals surface area contributed by atoms with Gasteiger partial charge in [0.25, 0.3) is 0 Å².